The summed E-state index contributed by atoms with van der Waals surface area (Å²) in [6, 6.07) is 0. The first-order valence-electron chi connectivity index (χ1n) is 2.24. The topological polar surface area (TPSA) is 34.1 Å². The number of ketones is 2. The zero-order chi connectivity index (χ0) is 6.57. The van der Waals surface area contributed by atoms with Crippen molar-refractivity contribution in [1.29, 1.82) is 0 Å². The van der Waals surface area contributed by atoms with Crippen molar-refractivity contribution < 1.29 is 14.0 Å². The van der Waals surface area contributed by atoms with Crippen molar-refractivity contribution in [2.75, 3.05) is 6.67 Å². The number of hydrogen-bond donors (Lipinski definition) is 0. The minimum Gasteiger partial charge on any atom is -0.300 e. The molecule has 0 bridgehead atoms. The number of Topliss-reactive ketones (excluding diaryl/α,β-unsaturated/α-hetero) is 2. The second-order valence-corrected chi connectivity index (χ2v) is 1.55. The van der Waals surface area contributed by atoms with E-state index in [2.05, 4.69) is 0 Å². The zero-order valence-corrected chi connectivity index (χ0v) is 4.61. The number of rotatable bonds is 3. The van der Waals surface area contributed by atoms with E-state index in [9.17, 15) is 14.0 Å². The van der Waals surface area contributed by atoms with Gasteiger partial charge in [0, 0.05) is 0 Å². The summed E-state index contributed by atoms with van der Waals surface area (Å²) in [6.07, 6.45) is -0.267. The first kappa shape index (κ1) is 7.27. The maximum absolute atomic E-state index is 11.2. The molecule has 0 radical (unpaired) electrons. The molecule has 8 heavy (non-hydrogen) atoms. The SMILES string of the molecule is CC(=O)CC(=O)CF. The van der Waals surface area contributed by atoms with E-state index in [0.717, 1.165) is 0 Å². The molecule has 0 aromatic rings. The summed E-state index contributed by atoms with van der Waals surface area (Å²) in [5.41, 5.74) is 0. The van der Waals surface area contributed by atoms with Gasteiger partial charge in [-0.3, -0.25) is 9.59 Å². The van der Waals surface area contributed by atoms with E-state index in [1.54, 1.807) is 0 Å². The van der Waals surface area contributed by atoms with Gasteiger partial charge in [0.1, 0.15) is 12.5 Å². The van der Waals surface area contributed by atoms with Crippen LogP contribution in [0, 0.1) is 0 Å². The van der Waals surface area contributed by atoms with Gasteiger partial charge in [-0.05, 0) is 6.92 Å². The molecule has 2 nitrogen and oxygen atoms in total. The van der Waals surface area contributed by atoms with E-state index in [0.29, 0.717) is 0 Å². The predicted octanol–water partition coefficient (Wildman–Crippen LogP) is 0.504. The van der Waals surface area contributed by atoms with E-state index in [1.165, 1.54) is 6.92 Å². The maximum atomic E-state index is 11.2. The van der Waals surface area contributed by atoms with Gasteiger partial charge in [-0.1, -0.05) is 0 Å². The van der Waals surface area contributed by atoms with Crippen LogP contribution in [0.3, 0.4) is 0 Å². The fourth-order valence-corrected chi connectivity index (χ4v) is 0.325. The van der Waals surface area contributed by atoms with E-state index >= 15 is 0 Å². The lowest BCUT2D eigenvalue weighted by Gasteiger charge is -1.85. The highest BCUT2D eigenvalue weighted by Gasteiger charge is 2.02. The van der Waals surface area contributed by atoms with Gasteiger partial charge in [0.25, 0.3) is 0 Å². The number of carbonyl (C=O) groups excluding carboxylic acids is 2. The standard InChI is InChI=1S/C5H7FO2/c1-4(7)2-5(8)3-6/h2-3H2,1H3. The highest BCUT2D eigenvalue weighted by molar-refractivity contribution is 5.98. The summed E-state index contributed by atoms with van der Waals surface area (Å²) in [6.45, 7) is 0.229. The second-order valence-electron chi connectivity index (χ2n) is 1.55. The van der Waals surface area contributed by atoms with Crippen LogP contribution in [0.2, 0.25) is 0 Å². The quantitative estimate of drug-likeness (QED) is 0.506. The number of alkyl halides is 1. The van der Waals surface area contributed by atoms with E-state index in [1.807, 2.05) is 0 Å². The van der Waals surface area contributed by atoms with Crippen LogP contribution in [-0.4, -0.2) is 18.2 Å². The van der Waals surface area contributed by atoms with Gasteiger partial charge >= 0.3 is 0 Å². The molecule has 0 saturated heterocycles. The van der Waals surface area contributed by atoms with Crippen molar-refractivity contribution in [1.82, 2.24) is 0 Å². The molecule has 0 aliphatic heterocycles. The molecule has 0 saturated carbocycles. The third kappa shape index (κ3) is 3.46. The Labute approximate surface area is 46.7 Å². The van der Waals surface area contributed by atoms with Crippen LogP contribution in [0.1, 0.15) is 13.3 Å². The molecule has 0 rings (SSSR count). The monoisotopic (exact) mass is 118 g/mol. The Balaban J connectivity index is 3.40. The Morgan fingerprint density at radius 1 is 1.50 bits per heavy atom. The van der Waals surface area contributed by atoms with Crippen molar-refractivity contribution in [3.8, 4) is 0 Å². The molecule has 0 heterocycles. The van der Waals surface area contributed by atoms with Crippen LogP contribution in [-0.2, 0) is 9.59 Å². The maximum Gasteiger partial charge on any atom is 0.171 e. The number of carbonyl (C=O) groups is 2. The van der Waals surface area contributed by atoms with Crippen LogP contribution >= 0.6 is 0 Å². The molecule has 0 amide bonds. The van der Waals surface area contributed by atoms with Gasteiger partial charge in [-0.25, -0.2) is 4.39 Å². The first-order chi connectivity index (χ1) is 3.66. The molecule has 0 aliphatic carbocycles. The molecule has 0 aromatic heterocycles. The van der Waals surface area contributed by atoms with Crippen molar-refractivity contribution in [3.63, 3.8) is 0 Å². The molecule has 0 atom stereocenters. The summed E-state index contributed by atoms with van der Waals surface area (Å²) in [4.78, 5) is 20.1. The van der Waals surface area contributed by atoms with Gasteiger partial charge in [-0.15, -0.1) is 0 Å². The summed E-state index contributed by atoms with van der Waals surface area (Å²) >= 11 is 0. The molecule has 46 valence electrons. The Bertz CT molecular complexity index is 109. The summed E-state index contributed by atoms with van der Waals surface area (Å²) < 4.78 is 11.2. The largest absolute Gasteiger partial charge is 0.300 e. The van der Waals surface area contributed by atoms with Gasteiger partial charge in [0.2, 0.25) is 0 Å². The lowest BCUT2D eigenvalue weighted by Crippen LogP contribution is -2.05. The Hall–Kier alpha value is -0.730. The fourth-order valence-electron chi connectivity index (χ4n) is 0.325. The molecular formula is C5H7FO2. The lowest BCUT2D eigenvalue weighted by atomic mass is 10.2. The Kier molecular flexibility index (Phi) is 2.99. The number of hydrogen-bond acceptors (Lipinski definition) is 2. The Morgan fingerprint density at radius 2 is 2.00 bits per heavy atom. The minimum absolute atomic E-state index is 0.267. The molecule has 0 aliphatic rings. The summed E-state index contributed by atoms with van der Waals surface area (Å²) in [5.74, 6) is -0.926. The third-order valence-corrected chi connectivity index (χ3v) is 0.595. The fraction of sp³-hybridized carbons (Fsp3) is 0.600. The molecule has 0 unspecified atom stereocenters. The van der Waals surface area contributed by atoms with E-state index in [-0.39, 0.29) is 12.2 Å². The first-order valence-corrected chi connectivity index (χ1v) is 2.24. The van der Waals surface area contributed by atoms with Crippen molar-refractivity contribution in [2.45, 2.75) is 13.3 Å². The highest BCUT2D eigenvalue weighted by Crippen LogP contribution is 1.84. The van der Waals surface area contributed by atoms with Gasteiger partial charge in [0.15, 0.2) is 5.78 Å². The van der Waals surface area contributed by atoms with Crippen LogP contribution < -0.4 is 0 Å². The average Bonchev–Trinajstić information content (AvgIpc) is 1.65. The second kappa shape index (κ2) is 3.29. The lowest BCUT2D eigenvalue weighted by molar-refractivity contribution is -0.126. The van der Waals surface area contributed by atoms with Crippen LogP contribution in [0.15, 0.2) is 0 Å². The van der Waals surface area contributed by atoms with E-state index < -0.39 is 12.5 Å². The molecule has 0 spiro atoms. The third-order valence-electron chi connectivity index (χ3n) is 0.595. The van der Waals surface area contributed by atoms with Crippen molar-refractivity contribution >= 4 is 11.6 Å². The van der Waals surface area contributed by atoms with E-state index in [4.69, 9.17) is 0 Å². The predicted molar refractivity (Wildman–Crippen MR) is 26.3 cm³/mol. The molecule has 0 N–H and O–H groups in total. The van der Waals surface area contributed by atoms with Crippen molar-refractivity contribution in [3.05, 3.63) is 0 Å². The smallest absolute Gasteiger partial charge is 0.171 e. The van der Waals surface area contributed by atoms with Gasteiger partial charge in [0.05, 0.1) is 6.42 Å². The van der Waals surface area contributed by atoms with Crippen LogP contribution in [0.25, 0.3) is 0 Å². The summed E-state index contributed by atoms with van der Waals surface area (Å²) in [7, 11) is 0. The highest BCUT2D eigenvalue weighted by atomic mass is 19.1. The Morgan fingerprint density at radius 3 is 2.12 bits per heavy atom. The van der Waals surface area contributed by atoms with Gasteiger partial charge < -0.3 is 0 Å². The molecule has 0 aromatic carbocycles. The molecular weight excluding hydrogens is 111 g/mol. The van der Waals surface area contributed by atoms with Crippen LogP contribution in [0.4, 0.5) is 4.39 Å². The van der Waals surface area contributed by atoms with Crippen LogP contribution in [0.5, 0.6) is 0 Å². The average molecular weight is 118 g/mol. The molecule has 0 fully saturated rings. The number of halogens is 1. The normalized spacial score (nSPS) is 8.75. The zero-order valence-electron chi connectivity index (χ0n) is 4.61. The van der Waals surface area contributed by atoms with Crippen molar-refractivity contribution in [2.24, 2.45) is 0 Å². The summed E-state index contributed by atoms with van der Waals surface area (Å²) in [5, 5.41) is 0. The minimum atomic E-state index is -1.03. The molecule has 3 heteroatoms. The van der Waals surface area contributed by atoms with Gasteiger partial charge in [-0.2, -0.15) is 0 Å².